The van der Waals surface area contributed by atoms with Crippen LogP contribution in [-0.2, 0) is 22.7 Å². The molecule has 1 aliphatic heterocycles. The highest BCUT2D eigenvalue weighted by atomic mass is 16.5. The van der Waals surface area contributed by atoms with Crippen molar-refractivity contribution in [3.05, 3.63) is 83.2 Å². The lowest BCUT2D eigenvalue weighted by Crippen LogP contribution is -2.24. The zero-order valence-corrected chi connectivity index (χ0v) is 35.9. The second kappa shape index (κ2) is 20.8. The number of hydrogen-bond acceptors (Lipinski definition) is 13. The number of methoxy groups -OCH3 is 1. The van der Waals surface area contributed by atoms with E-state index in [9.17, 15) is 19.2 Å². The van der Waals surface area contributed by atoms with Crippen LogP contribution in [0.3, 0.4) is 0 Å². The molecule has 5 rings (SSSR count). The second-order valence-electron chi connectivity index (χ2n) is 14.5. The number of aromatic nitrogens is 4. The minimum Gasteiger partial charge on any atom is -0.494 e. The van der Waals surface area contributed by atoms with E-state index in [0.717, 1.165) is 19.4 Å². The summed E-state index contributed by atoms with van der Waals surface area (Å²) in [5.74, 6) is -1.63. The summed E-state index contributed by atoms with van der Waals surface area (Å²) in [4.78, 5) is 72.2. The third-order valence-electron chi connectivity index (χ3n) is 9.72. The van der Waals surface area contributed by atoms with Crippen LogP contribution in [0.1, 0.15) is 61.3 Å². The van der Waals surface area contributed by atoms with Gasteiger partial charge in [0, 0.05) is 54.7 Å². The number of nitrogens with one attached hydrogen (secondary N) is 2. The summed E-state index contributed by atoms with van der Waals surface area (Å²) in [5, 5.41) is 5.69. The summed E-state index contributed by atoms with van der Waals surface area (Å²) in [6.45, 7) is 8.98. The number of likely N-dealkylation sites (N-methyl/N-ethyl adjacent to an activating group) is 1. The van der Waals surface area contributed by atoms with E-state index < -0.39 is 23.6 Å². The predicted octanol–water partition coefficient (Wildman–Crippen LogP) is 3.40. The summed E-state index contributed by atoms with van der Waals surface area (Å²) in [6, 6.07) is 6.38. The van der Waals surface area contributed by atoms with E-state index in [4.69, 9.17) is 37.4 Å². The van der Waals surface area contributed by atoms with Crippen molar-refractivity contribution in [2.24, 2.45) is 32.9 Å². The van der Waals surface area contributed by atoms with Gasteiger partial charge in [-0.15, -0.1) is 0 Å². The fraction of sp³-hybridized carbons (Fsp3) is 0.349. The number of aliphatic imine (C=N–C) groups is 2. The normalized spacial score (nSPS) is 15.6. The van der Waals surface area contributed by atoms with Crippen LogP contribution in [0.5, 0.6) is 11.5 Å². The minimum absolute atomic E-state index is 0.0936. The van der Waals surface area contributed by atoms with Crippen LogP contribution >= 0.6 is 0 Å². The quantitative estimate of drug-likeness (QED) is 0.0588. The third-order valence-corrected chi connectivity index (χ3v) is 9.72. The summed E-state index contributed by atoms with van der Waals surface area (Å²) in [7, 11) is 3.52. The maximum atomic E-state index is 13.7. The number of amides is 4. The standard InChI is InChI=1S/C43H55N13O6/c1-7-48-32(19-25(3)44)40(59)52-42-50-30-21-27(38(46)57)23-34(61-6)36(30)55(42)16-9-10-17-56-37-31(51-43(56)53-41(60)33(49-8-2)20-26(4)45)22-28(39(47)58)24-35(37)62-18-12-14-29-13-11-15-54(29)5/h9-10,12,14,19-24,29H,7-8,11,13,15-18,44-45H2,1-6H3,(H2,46,57)(H2,47,58)(H,50,52,59)(H,51,53,60)/b10-9+,14-12+,25-19-,26-20-,48-32?,49-33?/t29-/m0/s1. The van der Waals surface area contributed by atoms with E-state index in [1.807, 2.05) is 18.2 Å². The molecule has 0 radical (unpaired) electrons. The van der Waals surface area contributed by atoms with Gasteiger partial charge in [0.25, 0.3) is 11.8 Å². The Labute approximate surface area is 359 Å². The van der Waals surface area contributed by atoms with E-state index in [1.165, 1.54) is 37.5 Å². The first-order chi connectivity index (χ1) is 29.6. The van der Waals surface area contributed by atoms with Crippen LogP contribution in [0.15, 0.2) is 82.1 Å². The number of anilines is 2. The minimum atomic E-state index is -0.687. The number of primary amides is 2. The number of nitrogens with two attached hydrogens (primary N) is 4. The molecule has 4 aromatic rings. The van der Waals surface area contributed by atoms with E-state index in [2.05, 4.69) is 43.6 Å². The molecule has 19 nitrogen and oxygen atoms in total. The van der Waals surface area contributed by atoms with Gasteiger partial charge in [-0.05, 0) is 96.6 Å². The highest BCUT2D eigenvalue weighted by Gasteiger charge is 2.23. The Morgan fingerprint density at radius 2 is 1.26 bits per heavy atom. The molecule has 0 spiro atoms. The van der Waals surface area contributed by atoms with Gasteiger partial charge in [-0.25, -0.2) is 9.97 Å². The van der Waals surface area contributed by atoms with Crippen LogP contribution in [-0.4, -0.2) is 105 Å². The summed E-state index contributed by atoms with van der Waals surface area (Å²) < 4.78 is 15.4. The molecular weight excluding hydrogens is 795 g/mol. The van der Waals surface area contributed by atoms with Crippen molar-refractivity contribution >= 4 is 69.0 Å². The number of ether oxygens (including phenoxy) is 2. The molecule has 1 atom stereocenters. The molecule has 328 valence electrons. The van der Waals surface area contributed by atoms with Crippen LogP contribution in [0, 0.1) is 0 Å². The van der Waals surface area contributed by atoms with E-state index >= 15 is 0 Å². The largest absolute Gasteiger partial charge is 0.494 e. The first-order valence-corrected chi connectivity index (χ1v) is 20.1. The number of hydrogen-bond donors (Lipinski definition) is 6. The van der Waals surface area contributed by atoms with Gasteiger partial charge in [-0.1, -0.05) is 18.2 Å². The predicted molar refractivity (Wildman–Crippen MR) is 242 cm³/mol. The van der Waals surface area contributed by atoms with E-state index in [1.54, 1.807) is 42.9 Å². The highest BCUT2D eigenvalue weighted by molar-refractivity contribution is 6.47. The Morgan fingerprint density at radius 3 is 1.68 bits per heavy atom. The molecule has 19 heteroatoms. The molecule has 10 N–H and O–H groups in total. The van der Waals surface area contributed by atoms with Crippen LogP contribution in [0.25, 0.3) is 22.1 Å². The molecule has 0 saturated carbocycles. The Hall–Kier alpha value is -7.28. The Morgan fingerprint density at radius 1 is 0.774 bits per heavy atom. The van der Waals surface area contributed by atoms with Gasteiger partial charge in [0.1, 0.15) is 40.6 Å². The summed E-state index contributed by atoms with van der Waals surface area (Å²) in [5.41, 5.74) is 26.1. The highest BCUT2D eigenvalue weighted by Crippen LogP contribution is 2.33. The third kappa shape index (κ3) is 11.1. The number of carbonyl (C=O) groups excluding carboxylic acids is 4. The lowest BCUT2D eigenvalue weighted by Gasteiger charge is -2.15. The number of likely N-dealkylation sites (tertiary alicyclic amines) is 1. The summed E-state index contributed by atoms with van der Waals surface area (Å²) in [6.07, 6.45) is 12.7. The fourth-order valence-electron chi connectivity index (χ4n) is 6.92. The number of fused-ring (bicyclic) bond motifs is 2. The van der Waals surface area contributed by atoms with Crippen molar-refractivity contribution in [3.63, 3.8) is 0 Å². The van der Waals surface area contributed by atoms with Crippen molar-refractivity contribution in [2.45, 2.75) is 59.7 Å². The summed E-state index contributed by atoms with van der Waals surface area (Å²) >= 11 is 0. The maximum Gasteiger partial charge on any atom is 0.276 e. The van der Waals surface area contributed by atoms with Crippen molar-refractivity contribution < 1.29 is 28.7 Å². The maximum absolute atomic E-state index is 13.7. The molecule has 4 amide bonds. The smallest absolute Gasteiger partial charge is 0.276 e. The Kier molecular flexibility index (Phi) is 15.4. The molecule has 0 aliphatic carbocycles. The molecule has 2 aromatic carbocycles. The van der Waals surface area contributed by atoms with E-state index in [0.29, 0.717) is 58.3 Å². The lowest BCUT2D eigenvalue weighted by atomic mass is 10.1. The second-order valence-corrected chi connectivity index (χ2v) is 14.5. The monoisotopic (exact) mass is 849 g/mol. The van der Waals surface area contributed by atoms with Crippen molar-refractivity contribution in [1.29, 1.82) is 0 Å². The van der Waals surface area contributed by atoms with Crippen molar-refractivity contribution in [3.8, 4) is 11.5 Å². The molecule has 0 bridgehead atoms. The zero-order chi connectivity index (χ0) is 45.1. The number of allylic oxidation sites excluding steroid dienone is 4. The van der Waals surface area contributed by atoms with E-state index in [-0.39, 0.29) is 59.9 Å². The number of benzene rings is 2. The number of rotatable bonds is 19. The van der Waals surface area contributed by atoms with Gasteiger partial charge in [0.15, 0.2) is 0 Å². The van der Waals surface area contributed by atoms with Gasteiger partial charge >= 0.3 is 0 Å². The molecular formula is C43H55N13O6. The fourth-order valence-corrected chi connectivity index (χ4v) is 6.92. The number of nitrogens with zero attached hydrogens (tertiary/aromatic N) is 7. The zero-order valence-electron chi connectivity index (χ0n) is 35.9. The molecule has 62 heavy (non-hydrogen) atoms. The van der Waals surface area contributed by atoms with Gasteiger partial charge in [-0.2, -0.15) is 0 Å². The van der Waals surface area contributed by atoms with Crippen LogP contribution in [0.4, 0.5) is 11.9 Å². The van der Waals surface area contributed by atoms with Crippen LogP contribution < -0.4 is 43.0 Å². The van der Waals surface area contributed by atoms with Crippen LogP contribution in [0.2, 0.25) is 0 Å². The Balaban J connectivity index is 1.59. The lowest BCUT2D eigenvalue weighted by molar-refractivity contribution is -0.111. The number of imidazole rings is 2. The Bertz CT molecular complexity index is 2530. The topological polar surface area (TPSA) is 278 Å². The van der Waals surface area contributed by atoms with Gasteiger partial charge in [-0.3, -0.25) is 44.7 Å². The molecule has 2 aromatic heterocycles. The number of carbonyl (C=O) groups is 4. The van der Waals surface area contributed by atoms with Crippen molar-refractivity contribution in [1.82, 2.24) is 24.0 Å². The average Bonchev–Trinajstić information content (AvgIpc) is 3.90. The molecule has 1 saturated heterocycles. The molecule has 1 fully saturated rings. The van der Waals surface area contributed by atoms with Crippen molar-refractivity contribution in [2.75, 3.05) is 51.0 Å². The van der Waals surface area contributed by atoms with Gasteiger partial charge < -0.3 is 41.5 Å². The first kappa shape index (κ1) is 45.8. The van der Waals surface area contributed by atoms with Gasteiger partial charge in [0.05, 0.1) is 18.1 Å². The first-order valence-electron chi connectivity index (χ1n) is 20.1. The molecule has 1 aliphatic rings. The molecule has 0 unspecified atom stereocenters. The molecule has 3 heterocycles. The van der Waals surface area contributed by atoms with Gasteiger partial charge in [0.2, 0.25) is 23.7 Å². The average molecular weight is 850 g/mol. The SMILES string of the molecule is CCN=C(/C=C(/C)N)C(=O)Nc1nc2cc(C(N)=O)cc(OC)c2n1C/C=C/Cn1c(NC(=O)C(/C=C(/C)N)=NCC)nc2cc(C(N)=O)cc(OC/C=C/[C@@H]3CCCN3C)c21.